The van der Waals surface area contributed by atoms with Gasteiger partial charge in [-0.25, -0.2) is 4.98 Å². The van der Waals surface area contributed by atoms with Crippen molar-refractivity contribution in [2.24, 2.45) is 5.92 Å². The lowest BCUT2D eigenvalue weighted by Gasteiger charge is -2.14. The second-order valence-electron chi connectivity index (χ2n) is 3.63. The minimum absolute atomic E-state index is 0.00333. The van der Waals surface area contributed by atoms with Crippen molar-refractivity contribution in [1.82, 2.24) is 4.98 Å². The molecule has 2 rings (SSSR count). The summed E-state index contributed by atoms with van der Waals surface area (Å²) in [5.74, 6) is 3.93. The molecular weight excluding hydrogens is 204 g/mol. The average molecular weight is 216 g/mol. The summed E-state index contributed by atoms with van der Waals surface area (Å²) in [6.45, 7) is 0.550. The van der Waals surface area contributed by atoms with Crippen molar-refractivity contribution >= 4 is 11.7 Å². The van der Waals surface area contributed by atoms with Crippen LogP contribution in [0.2, 0.25) is 0 Å². The maximum atomic E-state index is 11.7. The molecule has 1 aliphatic rings. The first-order valence-corrected chi connectivity index (χ1v) is 5.01. The standard InChI is InChI=1S/C12H12N2O2/c1-3-9-6-12(15)14(8-9)11-5-4-10(16-2)7-13-11/h1,4-5,7,9H,6,8H2,2H3. The van der Waals surface area contributed by atoms with Crippen molar-refractivity contribution in [2.45, 2.75) is 6.42 Å². The molecule has 16 heavy (non-hydrogen) atoms. The lowest BCUT2D eigenvalue weighted by Crippen LogP contribution is -2.25. The summed E-state index contributed by atoms with van der Waals surface area (Å²) >= 11 is 0. The third-order valence-electron chi connectivity index (χ3n) is 2.59. The fourth-order valence-electron chi connectivity index (χ4n) is 1.69. The molecule has 4 nitrogen and oxygen atoms in total. The minimum atomic E-state index is -0.00333. The summed E-state index contributed by atoms with van der Waals surface area (Å²) in [5, 5.41) is 0. The first kappa shape index (κ1) is 10.5. The third-order valence-corrected chi connectivity index (χ3v) is 2.59. The number of ether oxygens (including phenoxy) is 1. The van der Waals surface area contributed by atoms with Crippen molar-refractivity contribution in [2.75, 3.05) is 18.6 Å². The molecule has 1 aromatic heterocycles. The Kier molecular flexibility index (Phi) is 2.78. The second kappa shape index (κ2) is 4.23. The molecule has 4 heteroatoms. The first-order valence-electron chi connectivity index (χ1n) is 5.01. The zero-order valence-corrected chi connectivity index (χ0v) is 9.01. The highest BCUT2D eigenvalue weighted by Gasteiger charge is 2.29. The molecule has 0 saturated carbocycles. The van der Waals surface area contributed by atoms with E-state index in [-0.39, 0.29) is 11.8 Å². The number of rotatable bonds is 2. The predicted octanol–water partition coefficient (Wildman–Crippen LogP) is 1.08. The molecule has 1 atom stereocenters. The molecule has 1 amide bonds. The molecule has 1 aromatic rings. The Bertz CT molecular complexity index is 433. The van der Waals surface area contributed by atoms with Crippen LogP contribution in [-0.2, 0) is 4.79 Å². The molecule has 1 fully saturated rings. The van der Waals surface area contributed by atoms with E-state index in [9.17, 15) is 4.79 Å². The number of aromatic nitrogens is 1. The predicted molar refractivity (Wildman–Crippen MR) is 60.1 cm³/mol. The third kappa shape index (κ3) is 1.84. The summed E-state index contributed by atoms with van der Waals surface area (Å²) in [7, 11) is 1.58. The monoisotopic (exact) mass is 216 g/mol. The van der Waals surface area contributed by atoms with E-state index in [1.54, 1.807) is 30.3 Å². The van der Waals surface area contributed by atoms with Crippen LogP contribution >= 0.6 is 0 Å². The van der Waals surface area contributed by atoms with E-state index >= 15 is 0 Å². The van der Waals surface area contributed by atoms with E-state index in [0.717, 1.165) is 0 Å². The molecule has 0 bridgehead atoms. The van der Waals surface area contributed by atoms with Crippen LogP contribution < -0.4 is 9.64 Å². The van der Waals surface area contributed by atoms with E-state index in [4.69, 9.17) is 11.2 Å². The summed E-state index contributed by atoms with van der Waals surface area (Å²) < 4.78 is 5.00. The fourth-order valence-corrected chi connectivity index (χ4v) is 1.69. The van der Waals surface area contributed by atoms with Crippen LogP contribution in [0.1, 0.15) is 6.42 Å². The Balaban J connectivity index is 2.18. The highest BCUT2D eigenvalue weighted by molar-refractivity contribution is 5.95. The zero-order valence-electron chi connectivity index (χ0n) is 9.01. The van der Waals surface area contributed by atoms with Gasteiger partial charge in [0.1, 0.15) is 11.6 Å². The van der Waals surface area contributed by atoms with Crippen LogP contribution in [0.4, 0.5) is 5.82 Å². The molecule has 82 valence electrons. The maximum Gasteiger partial charge on any atom is 0.229 e. The van der Waals surface area contributed by atoms with Gasteiger partial charge in [-0.3, -0.25) is 9.69 Å². The van der Waals surface area contributed by atoms with E-state index < -0.39 is 0 Å². The number of hydrogen-bond acceptors (Lipinski definition) is 3. The van der Waals surface area contributed by atoms with E-state index in [1.807, 2.05) is 0 Å². The first-order chi connectivity index (χ1) is 7.74. The Morgan fingerprint density at radius 3 is 2.94 bits per heavy atom. The SMILES string of the molecule is C#CC1CC(=O)N(c2ccc(OC)cn2)C1. The molecule has 0 spiro atoms. The number of hydrogen-bond donors (Lipinski definition) is 0. The van der Waals surface area contributed by atoms with Gasteiger partial charge in [-0.2, -0.15) is 0 Å². The van der Waals surface area contributed by atoms with Crippen LogP contribution in [0.15, 0.2) is 18.3 Å². The Hall–Kier alpha value is -2.02. The van der Waals surface area contributed by atoms with Crippen molar-refractivity contribution in [1.29, 1.82) is 0 Å². The average Bonchev–Trinajstić information content (AvgIpc) is 2.71. The van der Waals surface area contributed by atoms with Gasteiger partial charge < -0.3 is 4.74 Å². The molecular formula is C12H12N2O2. The highest BCUT2D eigenvalue weighted by atomic mass is 16.5. The van der Waals surface area contributed by atoms with Crippen LogP contribution in [0.5, 0.6) is 5.75 Å². The number of carbonyl (C=O) groups is 1. The quantitative estimate of drug-likeness (QED) is 0.695. The van der Waals surface area contributed by atoms with Crippen LogP contribution in [0.25, 0.3) is 0 Å². The molecule has 0 aliphatic carbocycles. The number of carbonyl (C=O) groups excluding carboxylic acids is 1. The van der Waals surface area contributed by atoms with Gasteiger partial charge in [0.15, 0.2) is 0 Å². The van der Waals surface area contributed by atoms with E-state index in [2.05, 4.69) is 10.9 Å². The number of methoxy groups -OCH3 is 1. The van der Waals surface area contributed by atoms with Crippen molar-refractivity contribution in [3.63, 3.8) is 0 Å². The second-order valence-corrected chi connectivity index (χ2v) is 3.63. The summed E-state index contributed by atoms with van der Waals surface area (Å²) in [4.78, 5) is 17.4. The van der Waals surface area contributed by atoms with Crippen LogP contribution in [0.3, 0.4) is 0 Å². The normalized spacial score (nSPS) is 19.6. The van der Waals surface area contributed by atoms with E-state index in [1.165, 1.54) is 0 Å². The summed E-state index contributed by atoms with van der Waals surface area (Å²) in [6.07, 6.45) is 7.31. The van der Waals surface area contributed by atoms with Gasteiger partial charge in [-0.1, -0.05) is 0 Å². The topological polar surface area (TPSA) is 42.4 Å². The van der Waals surface area contributed by atoms with Gasteiger partial charge in [-0.05, 0) is 12.1 Å². The zero-order chi connectivity index (χ0) is 11.5. The number of anilines is 1. The number of nitrogens with zero attached hydrogens (tertiary/aromatic N) is 2. The summed E-state index contributed by atoms with van der Waals surface area (Å²) in [6, 6.07) is 3.54. The van der Waals surface area contributed by atoms with Gasteiger partial charge in [0.05, 0.1) is 13.3 Å². The number of terminal acetylenes is 1. The van der Waals surface area contributed by atoms with Crippen molar-refractivity contribution in [3.8, 4) is 18.1 Å². The molecule has 0 N–H and O–H groups in total. The Morgan fingerprint density at radius 2 is 2.44 bits per heavy atom. The largest absolute Gasteiger partial charge is 0.495 e. The number of pyridine rings is 1. The number of amides is 1. The lowest BCUT2D eigenvalue weighted by atomic mass is 10.1. The highest BCUT2D eigenvalue weighted by Crippen LogP contribution is 2.23. The maximum absolute atomic E-state index is 11.7. The van der Waals surface area contributed by atoms with Gasteiger partial charge in [0, 0.05) is 18.9 Å². The van der Waals surface area contributed by atoms with Crippen LogP contribution in [0, 0.1) is 18.3 Å². The van der Waals surface area contributed by atoms with Crippen molar-refractivity contribution < 1.29 is 9.53 Å². The molecule has 1 saturated heterocycles. The van der Waals surface area contributed by atoms with Gasteiger partial charge in [0.2, 0.25) is 5.91 Å². The molecule has 1 unspecified atom stereocenters. The molecule has 0 aromatic carbocycles. The fraction of sp³-hybridized carbons (Fsp3) is 0.333. The Morgan fingerprint density at radius 1 is 1.62 bits per heavy atom. The van der Waals surface area contributed by atoms with Crippen molar-refractivity contribution in [3.05, 3.63) is 18.3 Å². The van der Waals surface area contributed by atoms with Gasteiger partial charge >= 0.3 is 0 Å². The molecule has 1 aliphatic heterocycles. The van der Waals surface area contributed by atoms with Crippen LogP contribution in [-0.4, -0.2) is 24.5 Å². The van der Waals surface area contributed by atoms with E-state index in [0.29, 0.717) is 24.5 Å². The molecule has 2 heterocycles. The smallest absolute Gasteiger partial charge is 0.229 e. The minimum Gasteiger partial charge on any atom is -0.495 e. The molecule has 0 radical (unpaired) electrons. The van der Waals surface area contributed by atoms with Gasteiger partial charge in [-0.15, -0.1) is 12.3 Å². The lowest BCUT2D eigenvalue weighted by molar-refractivity contribution is -0.117. The summed E-state index contributed by atoms with van der Waals surface area (Å²) in [5.41, 5.74) is 0. The Labute approximate surface area is 94.2 Å². The van der Waals surface area contributed by atoms with Gasteiger partial charge in [0.25, 0.3) is 0 Å².